The fourth-order valence-electron chi connectivity index (χ4n) is 2.76. The fourth-order valence-corrected chi connectivity index (χ4v) is 2.88. The first kappa shape index (κ1) is 14.1. The van der Waals surface area contributed by atoms with E-state index in [1.807, 2.05) is 28.9 Å². The second-order valence-electron chi connectivity index (χ2n) is 5.25. The molecule has 1 aromatic carbocycles. The summed E-state index contributed by atoms with van der Waals surface area (Å²) in [6, 6.07) is 7.64. The van der Waals surface area contributed by atoms with Crippen molar-refractivity contribution in [1.82, 2.24) is 9.78 Å². The van der Waals surface area contributed by atoms with Gasteiger partial charge < -0.3 is 4.74 Å². The largest absolute Gasteiger partial charge is 0.459 e. The number of carbonyl (C=O) groups excluding carboxylic acids is 1. The van der Waals surface area contributed by atoms with Crippen LogP contribution in [0.25, 0.3) is 5.69 Å². The average molecular weight is 305 g/mol. The molecule has 110 valence electrons. The second-order valence-corrected chi connectivity index (χ2v) is 5.68. The summed E-state index contributed by atoms with van der Waals surface area (Å²) in [5.74, 6) is -0.277. The summed E-state index contributed by atoms with van der Waals surface area (Å²) in [6.45, 7) is 1.67. The Bertz CT molecular complexity index is 662. The molecule has 4 nitrogen and oxygen atoms in total. The van der Waals surface area contributed by atoms with Crippen molar-refractivity contribution in [2.45, 2.75) is 39.2 Å². The van der Waals surface area contributed by atoms with E-state index in [4.69, 9.17) is 16.3 Å². The number of aromatic nitrogens is 2. The van der Waals surface area contributed by atoms with E-state index in [1.54, 1.807) is 0 Å². The first-order chi connectivity index (χ1) is 10.1. The minimum atomic E-state index is -0.277. The van der Waals surface area contributed by atoms with E-state index >= 15 is 0 Å². The number of nitrogens with zero attached hydrogens (tertiary/aromatic N) is 2. The first-order valence-electron chi connectivity index (χ1n) is 7.14. The maximum atomic E-state index is 11.0. The Labute approximate surface area is 128 Å². The summed E-state index contributed by atoms with van der Waals surface area (Å²) < 4.78 is 7.09. The Morgan fingerprint density at radius 3 is 2.71 bits per heavy atom. The van der Waals surface area contributed by atoms with Crippen LogP contribution < -0.4 is 0 Å². The highest BCUT2D eigenvalue weighted by molar-refractivity contribution is 6.30. The van der Waals surface area contributed by atoms with E-state index in [0.29, 0.717) is 5.02 Å². The Hall–Kier alpha value is -1.81. The van der Waals surface area contributed by atoms with Crippen molar-refractivity contribution < 1.29 is 9.53 Å². The van der Waals surface area contributed by atoms with Crippen LogP contribution in [0, 0.1) is 0 Å². The van der Waals surface area contributed by atoms with Gasteiger partial charge in [0.05, 0.1) is 5.69 Å². The Morgan fingerprint density at radius 1 is 1.29 bits per heavy atom. The third-order valence-corrected chi connectivity index (χ3v) is 4.00. The molecule has 0 amide bonds. The summed E-state index contributed by atoms with van der Waals surface area (Å²) in [5.41, 5.74) is 4.32. The van der Waals surface area contributed by atoms with E-state index in [-0.39, 0.29) is 12.6 Å². The molecule has 0 spiro atoms. The molecule has 0 radical (unpaired) electrons. The van der Waals surface area contributed by atoms with Crippen molar-refractivity contribution in [3.8, 4) is 5.69 Å². The smallest absolute Gasteiger partial charge is 0.303 e. The van der Waals surface area contributed by atoms with E-state index in [1.165, 1.54) is 24.6 Å². The van der Waals surface area contributed by atoms with Gasteiger partial charge in [-0.2, -0.15) is 5.10 Å². The quantitative estimate of drug-likeness (QED) is 0.816. The molecule has 21 heavy (non-hydrogen) atoms. The molecule has 0 saturated carbocycles. The topological polar surface area (TPSA) is 44.1 Å². The van der Waals surface area contributed by atoms with Gasteiger partial charge in [0, 0.05) is 23.2 Å². The number of hydrogen-bond donors (Lipinski definition) is 0. The van der Waals surface area contributed by atoms with Gasteiger partial charge in [0.1, 0.15) is 12.3 Å². The number of ether oxygens (including phenoxy) is 1. The lowest BCUT2D eigenvalue weighted by atomic mass is 9.96. The molecule has 5 heteroatoms. The van der Waals surface area contributed by atoms with Crippen molar-refractivity contribution in [2.24, 2.45) is 0 Å². The maximum Gasteiger partial charge on any atom is 0.303 e. The van der Waals surface area contributed by atoms with Gasteiger partial charge >= 0.3 is 5.97 Å². The Kier molecular flexibility index (Phi) is 3.97. The lowest BCUT2D eigenvalue weighted by Gasteiger charge is -2.14. The van der Waals surface area contributed by atoms with Gasteiger partial charge in [-0.05, 0) is 49.9 Å². The van der Waals surface area contributed by atoms with Gasteiger partial charge in [-0.3, -0.25) is 4.79 Å². The molecule has 0 unspecified atom stereocenters. The minimum Gasteiger partial charge on any atom is -0.459 e. The summed E-state index contributed by atoms with van der Waals surface area (Å²) >= 11 is 5.95. The van der Waals surface area contributed by atoms with Crippen LogP contribution in [0.1, 0.15) is 36.7 Å². The number of halogens is 1. The Balaban J connectivity index is 2.00. The number of esters is 1. The van der Waals surface area contributed by atoms with Crippen LogP contribution in [0.15, 0.2) is 24.3 Å². The maximum absolute atomic E-state index is 11.0. The van der Waals surface area contributed by atoms with Gasteiger partial charge in [0.15, 0.2) is 0 Å². The molecule has 1 aromatic heterocycles. The van der Waals surface area contributed by atoms with E-state index in [0.717, 1.165) is 30.6 Å². The van der Waals surface area contributed by atoms with Crippen LogP contribution in [0.2, 0.25) is 5.02 Å². The molecule has 0 bridgehead atoms. The monoisotopic (exact) mass is 304 g/mol. The molecular formula is C16H17ClN2O2. The fraction of sp³-hybridized carbons (Fsp3) is 0.375. The van der Waals surface area contributed by atoms with Gasteiger partial charge in [0.2, 0.25) is 0 Å². The van der Waals surface area contributed by atoms with E-state index in [2.05, 4.69) is 5.10 Å². The summed E-state index contributed by atoms with van der Waals surface area (Å²) in [6.07, 6.45) is 4.33. The highest BCUT2D eigenvalue weighted by Crippen LogP contribution is 2.27. The molecule has 0 aliphatic heterocycles. The third-order valence-electron chi connectivity index (χ3n) is 3.75. The van der Waals surface area contributed by atoms with Gasteiger partial charge in [-0.1, -0.05) is 11.6 Å². The molecule has 0 fully saturated rings. The number of hydrogen-bond acceptors (Lipinski definition) is 3. The lowest BCUT2D eigenvalue weighted by molar-refractivity contribution is -0.142. The van der Waals surface area contributed by atoms with Crippen molar-refractivity contribution in [1.29, 1.82) is 0 Å². The van der Waals surface area contributed by atoms with Crippen LogP contribution in [0.4, 0.5) is 0 Å². The first-order valence-corrected chi connectivity index (χ1v) is 7.52. The predicted octanol–water partition coefficient (Wildman–Crippen LogP) is 3.47. The zero-order valence-corrected chi connectivity index (χ0v) is 12.7. The van der Waals surface area contributed by atoms with Crippen LogP contribution >= 0.6 is 11.6 Å². The van der Waals surface area contributed by atoms with Crippen LogP contribution in [-0.4, -0.2) is 15.7 Å². The van der Waals surface area contributed by atoms with Crippen LogP contribution in [-0.2, 0) is 29.0 Å². The highest BCUT2D eigenvalue weighted by atomic mass is 35.5. The molecule has 2 aromatic rings. The molecule has 3 rings (SSSR count). The number of rotatable bonds is 3. The van der Waals surface area contributed by atoms with Crippen LogP contribution in [0.3, 0.4) is 0 Å². The van der Waals surface area contributed by atoms with Gasteiger partial charge in [-0.15, -0.1) is 0 Å². The van der Waals surface area contributed by atoms with Crippen molar-refractivity contribution in [3.05, 3.63) is 46.2 Å². The molecule has 1 aliphatic rings. The third kappa shape index (κ3) is 2.95. The standard InChI is InChI=1S/C16H17ClN2O2/c1-11(20)21-10-15-14-4-2-3-5-16(14)19(18-15)13-8-6-12(17)7-9-13/h6-9H,2-5,10H2,1H3. The molecule has 0 saturated heterocycles. The molecule has 0 atom stereocenters. The summed E-state index contributed by atoms with van der Waals surface area (Å²) in [5, 5.41) is 5.37. The normalized spacial score (nSPS) is 13.8. The van der Waals surface area contributed by atoms with Crippen molar-refractivity contribution in [2.75, 3.05) is 0 Å². The van der Waals surface area contributed by atoms with Crippen molar-refractivity contribution in [3.63, 3.8) is 0 Å². The molecular weight excluding hydrogens is 288 g/mol. The number of carbonyl (C=O) groups is 1. The van der Waals surface area contributed by atoms with E-state index in [9.17, 15) is 4.79 Å². The molecule has 1 aliphatic carbocycles. The zero-order valence-electron chi connectivity index (χ0n) is 11.9. The van der Waals surface area contributed by atoms with Gasteiger partial charge in [0.25, 0.3) is 0 Å². The zero-order chi connectivity index (χ0) is 14.8. The molecule has 1 heterocycles. The Morgan fingerprint density at radius 2 is 2.00 bits per heavy atom. The van der Waals surface area contributed by atoms with E-state index < -0.39 is 0 Å². The predicted molar refractivity (Wildman–Crippen MR) is 80.7 cm³/mol. The summed E-state index contributed by atoms with van der Waals surface area (Å²) in [7, 11) is 0. The second kappa shape index (κ2) is 5.90. The highest BCUT2D eigenvalue weighted by Gasteiger charge is 2.22. The molecule has 0 N–H and O–H groups in total. The number of benzene rings is 1. The lowest BCUT2D eigenvalue weighted by Crippen LogP contribution is -2.08. The average Bonchev–Trinajstić information content (AvgIpc) is 2.85. The van der Waals surface area contributed by atoms with Gasteiger partial charge in [-0.25, -0.2) is 4.68 Å². The minimum absolute atomic E-state index is 0.248. The van der Waals surface area contributed by atoms with Crippen LogP contribution in [0.5, 0.6) is 0 Å². The van der Waals surface area contributed by atoms with Crippen molar-refractivity contribution >= 4 is 17.6 Å². The summed E-state index contributed by atoms with van der Waals surface area (Å²) in [4.78, 5) is 11.0. The number of fused-ring (bicyclic) bond motifs is 1. The SMILES string of the molecule is CC(=O)OCc1nn(-c2ccc(Cl)cc2)c2c1CCCC2.